The van der Waals surface area contributed by atoms with Gasteiger partial charge in [0.05, 0.1) is 16.6 Å². The Morgan fingerprint density at radius 3 is 2.39 bits per heavy atom. The first kappa shape index (κ1) is 16.8. The summed E-state index contributed by atoms with van der Waals surface area (Å²) in [5.74, 6) is 0. The summed E-state index contributed by atoms with van der Waals surface area (Å²) in [5.41, 5.74) is -1.29. The highest BCUT2D eigenvalue weighted by molar-refractivity contribution is 5.63. The normalized spacial score (nSPS) is 12.7. The third-order valence-corrected chi connectivity index (χ3v) is 3.19. The van der Waals surface area contributed by atoms with Crippen LogP contribution in [0.2, 0.25) is 0 Å². The molecule has 0 fully saturated rings. The number of anilines is 1. The van der Waals surface area contributed by atoms with E-state index in [9.17, 15) is 28.4 Å². The molecule has 0 saturated heterocycles. The minimum absolute atomic E-state index is 0.0732. The molecule has 0 bridgehead atoms. The van der Waals surface area contributed by atoms with E-state index in [1.807, 2.05) is 0 Å². The van der Waals surface area contributed by atoms with Gasteiger partial charge in [-0.2, -0.15) is 13.2 Å². The van der Waals surface area contributed by atoms with Crippen LogP contribution in [0.25, 0.3) is 0 Å². The quantitative estimate of drug-likeness (QED) is 0.648. The lowest BCUT2D eigenvalue weighted by atomic mass is 10.1. The van der Waals surface area contributed by atoms with Crippen LogP contribution in [0.15, 0.2) is 48.5 Å². The standard InChI is InChI=1S/C15H13F3N2O3/c16-15(17,18)11-6-7-12(13(8-11)20(22)23)19-9-14(21)10-4-2-1-3-5-10/h1-8,14,19,21H,9H2/t14-/m1/s1. The maximum atomic E-state index is 12.6. The zero-order chi connectivity index (χ0) is 17.0. The summed E-state index contributed by atoms with van der Waals surface area (Å²) in [6.45, 7) is -0.0732. The molecule has 0 aliphatic heterocycles. The Morgan fingerprint density at radius 2 is 1.83 bits per heavy atom. The first-order chi connectivity index (χ1) is 10.8. The van der Waals surface area contributed by atoms with Crippen LogP contribution in [0.4, 0.5) is 24.5 Å². The number of aliphatic hydroxyl groups is 1. The van der Waals surface area contributed by atoms with Crippen molar-refractivity contribution in [1.29, 1.82) is 0 Å². The van der Waals surface area contributed by atoms with Gasteiger partial charge in [0, 0.05) is 12.6 Å². The lowest BCUT2D eigenvalue weighted by molar-refractivity contribution is -0.384. The molecule has 0 aliphatic carbocycles. The fraction of sp³-hybridized carbons (Fsp3) is 0.200. The summed E-state index contributed by atoms with van der Waals surface area (Å²) in [6.07, 6.45) is -5.61. The summed E-state index contributed by atoms with van der Waals surface area (Å²) in [7, 11) is 0. The Kier molecular flexibility index (Phi) is 4.85. The highest BCUT2D eigenvalue weighted by Gasteiger charge is 2.33. The predicted molar refractivity (Wildman–Crippen MR) is 78.0 cm³/mol. The molecule has 0 unspecified atom stereocenters. The second-order valence-electron chi connectivity index (χ2n) is 4.79. The lowest BCUT2D eigenvalue weighted by Gasteiger charge is -2.14. The van der Waals surface area contributed by atoms with Crippen LogP contribution < -0.4 is 5.32 Å². The lowest BCUT2D eigenvalue weighted by Crippen LogP contribution is -2.14. The average molecular weight is 326 g/mol. The monoisotopic (exact) mass is 326 g/mol. The van der Waals surface area contributed by atoms with Gasteiger partial charge in [0.2, 0.25) is 0 Å². The molecular formula is C15H13F3N2O3. The summed E-state index contributed by atoms with van der Waals surface area (Å²) in [6, 6.07) is 10.8. The third-order valence-electron chi connectivity index (χ3n) is 3.19. The first-order valence-corrected chi connectivity index (χ1v) is 6.61. The van der Waals surface area contributed by atoms with Crippen molar-refractivity contribution in [3.8, 4) is 0 Å². The predicted octanol–water partition coefficient (Wildman–Crippen LogP) is 3.76. The minimum Gasteiger partial charge on any atom is -0.387 e. The first-order valence-electron chi connectivity index (χ1n) is 6.61. The van der Waals surface area contributed by atoms with Gasteiger partial charge in [-0.1, -0.05) is 30.3 Å². The van der Waals surface area contributed by atoms with Crippen molar-refractivity contribution in [2.45, 2.75) is 12.3 Å². The molecule has 0 spiro atoms. The van der Waals surface area contributed by atoms with Gasteiger partial charge in [-0.25, -0.2) is 0 Å². The van der Waals surface area contributed by atoms with Gasteiger partial charge in [-0.05, 0) is 17.7 Å². The molecule has 0 amide bonds. The van der Waals surface area contributed by atoms with Gasteiger partial charge in [0.25, 0.3) is 5.69 Å². The second-order valence-corrected chi connectivity index (χ2v) is 4.79. The summed E-state index contributed by atoms with van der Waals surface area (Å²) in [5, 5.41) is 23.5. The number of alkyl halides is 3. The number of nitrogens with zero attached hydrogens (tertiary/aromatic N) is 1. The number of nitro groups is 1. The van der Waals surface area contributed by atoms with E-state index in [0.717, 1.165) is 12.1 Å². The van der Waals surface area contributed by atoms with E-state index in [4.69, 9.17) is 0 Å². The SMILES string of the molecule is O=[N+]([O-])c1cc(C(F)(F)F)ccc1NC[C@@H](O)c1ccccc1. The number of hydrogen-bond donors (Lipinski definition) is 2. The minimum atomic E-state index is -4.66. The number of rotatable bonds is 5. The van der Waals surface area contributed by atoms with Crippen molar-refractivity contribution in [2.75, 3.05) is 11.9 Å². The molecule has 2 N–H and O–H groups in total. The molecule has 0 saturated carbocycles. The number of aliphatic hydroxyl groups excluding tert-OH is 1. The van der Waals surface area contributed by atoms with Crippen LogP contribution in [-0.4, -0.2) is 16.6 Å². The van der Waals surface area contributed by atoms with E-state index in [0.29, 0.717) is 11.6 Å². The maximum absolute atomic E-state index is 12.6. The fourth-order valence-corrected chi connectivity index (χ4v) is 2.01. The number of hydrogen-bond acceptors (Lipinski definition) is 4. The summed E-state index contributed by atoms with van der Waals surface area (Å²) >= 11 is 0. The van der Waals surface area contributed by atoms with Crippen LogP contribution in [-0.2, 0) is 6.18 Å². The molecule has 23 heavy (non-hydrogen) atoms. The maximum Gasteiger partial charge on any atom is 0.416 e. The van der Waals surface area contributed by atoms with Gasteiger partial charge < -0.3 is 10.4 Å². The molecule has 2 aromatic rings. The van der Waals surface area contributed by atoms with Crippen molar-refractivity contribution >= 4 is 11.4 Å². The van der Waals surface area contributed by atoms with Crippen molar-refractivity contribution in [2.24, 2.45) is 0 Å². The fourth-order valence-electron chi connectivity index (χ4n) is 2.01. The van der Waals surface area contributed by atoms with E-state index in [-0.39, 0.29) is 12.2 Å². The zero-order valence-corrected chi connectivity index (χ0v) is 11.7. The zero-order valence-electron chi connectivity index (χ0n) is 11.7. The summed E-state index contributed by atoms with van der Waals surface area (Å²) in [4.78, 5) is 10.1. The van der Waals surface area contributed by atoms with Crippen molar-refractivity contribution < 1.29 is 23.2 Å². The molecule has 2 aromatic carbocycles. The van der Waals surface area contributed by atoms with Crippen LogP contribution in [0.1, 0.15) is 17.2 Å². The number of nitrogens with one attached hydrogen (secondary N) is 1. The van der Waals surface area contributed by atoms with E-state index in [1.165, 1.54) is 0 Å². The average Bonchev–Trinajstić information content (AvgIpc) is 2.52. The van der Waals surface area contributed by atoms with E-state index >= 15 is 0 Å². The molecule has 0 heterocycles. The van der Waals surface area contributed by atoms with Crippen LogP contribution >= 0.6 is 0 Å². The third kappa shape index (κ3) is 4.19. The molecule has 0 aliphatic rings. The van der Waals surface area contributed by atoms with E-state index in [1.54, 1.807) is 30.3 Å². The molecule has 122 valence electrons. The number of nitro benzene ring substituents is 1. The molecule has 5 nitrogen and oxygen atoms in total. The van der Waals surface area contributed by atoms with Crippen molar-refractivity contribution in [1.82, 2.24) is 0 Å². The van der Waals surface area contributed by atoms with E-state index < -0.39 is 28.5 Å². The summed E-state index contributed by atoms with van der Waals surface area (Å²) < 4.78 is 37.8. The van der Waals surface area contributed by atoms with E-state index in [2.05, 4.69) is 5.32 Å². The van der Waals surface area contributed by atoms with Crippen LogP contribution in [0.5, 0.6) is 0 Å². The Balaban J connectivity index is 2.18. The topological polar surface area (TPSA) is 75.4 Å². The molecule has 0 radical (unpaired) electrons. The Morgan fingerprint density at radius 1 is 1.17 bits per heavy atom. The van der Waals surface area contributed by atoms with Gasteiger partial charge >= 0.3 is 6.18 Å². The second kappa shape index (κ2) is 6.66. The van der Waals surface area contributed by atoms with Gasteiger partial charge in [0.1, 0.15) is 5.69 Å². The van der Waals surface area contributed by atoms with Gasteiger partial charge in [0.15, 0.2) is 0 Å². The largest absolute Gasteiger partial charge is 0.416 e. The van der Waals surface area contributed by atoms with Gasteiger partial charge in [-0.15, -0.1) is 0 Å². The van der Waals surface area contributed by atoms with Crippen LogP contribution in [0, 0.1) is 10.1 Å². The molecule has 8 heteroatoms. The Labute approximate surface area is 129 Å². The highest BCUT2D eigenvalue weighted by Crippen LogP contribution is 2.35. The molecule has 1 atom stereocenters. The molecule has 0 aromatic heterocycles. The molecule has 2 rings (SSSR count). The van der Waals surface area contributed by atoms with Crippen molar-refractivity contribution in [3.05, 3.63) is 69.8 Å². The van der Waals surface area contributed by atoms with Crippen LogP contribution in [0.3, 0.4) is 0 Å². The van der Waals surface area contributed by atoms with Gasteiger partial charge in [-0.3, -0.25) is 10.1 Å². The molecular weight excluding hydrogens is 313 g/mol. The Bertz CT molecular complexity index is 690. The number of halogens is 3. The smallest absolute Gasteiger partial charge is 0.387 e. The number of benzene rings is 2. The Hall–Kier alpha value is -2.61. The van der Waals surface area contributed by atoms with Crippen molar-refractivity contribution in [3.63, 3.8) is 0 Å². The highest BCUT2D eigenvalue weighted by atomic mass is 19.4.